The zero-order chi connectivity index (χ0) is 12.9. The Bertz CT molecular complexity index is 714. The van der Waals surface area contributed by atoms with E-state index in [0.29, 0.717) is 11.4 Å². The van der Waals surface area contributed by atoms with E-state index in [0.717, 1.165) is 0 Å². The Hall–Kier alpha value is -1.56. The molecule has 18 heavy (non-hydrogen) atoms. The minimum absolute atomic E-state index is 0.0307. The third-order valence-electron chi connectivity index (χ3n) is 3.37. The van der Waals surface area contributed by atoms with Crippen LogP contribution in [0.2, 0.25) is 0 Å². The first-order chi connectivity index (χ1) is 8.53. The fourth-order valence-electron chi connectivity index (χ4n) is 2.18. The first-order valence-corrected chi connectivity index (χ1v) is 7.68. The van der Waals surface area contributed by atoms with Crippen molar-refractivity contribution in [3.05, 3.63) is 23.9 Å². The largest absolute Gasteiger partial charge is 0.381 e. The summed E-state index contributed by atoms with van der Waals surface area (Å²) >= 11 is 0. The second kappa shape index (κ2) is 3.71. The molecule has 0 spiro atoms. The van der Waals surface area contributed by atoms with Crippen LogP contribution in [-0.2, 0) is 9.84 Å². The van der Waals surface area contributed by atoms with Gasteiger partial charge in [-0.2, -0.15) is 0 Å². The van der Waals surface area contributed by atoms with Gasteiger partial charge in [-0.15, -0.1) is 5.10 Å². The maximum absolute atomic E-state index is 12.0. The van der Waals surface area contributed by atoms with Crippen molar-refractivity contribution in [2.75, 3.05) is 11.5 Å². The first-order valence-electron chi connectivity index (χ1n) is 6.03. The highest BCUT2D eigenvalue weighted by Crippen LogP contribution is 2.40. The van der Waals surface area contributed by atoms with Crippen molar-refractivity contribution in [1.29, 1.82) is 0 Å². The summed E-state index contributed by atoms with van der Waals surface area (Å²) in [5.74, 6) is 0.721. The highest BCUT2D eigenvalue weighted by atomic mass is 32.2. The Balaban J connectivity index is 2.24. The molecule has 2 heterocycles. The molecule has 2 aromatic rings. The van der Waals surface area contributed by atoms with Gasteiger partial charge in [0.2, 0.25) is 0 Å². The molecule has 1 fully saturated rings. The lowest BCUT2D eigenvalue weighted by Crippen LogP contribution is -2.05. The monoisotopic (exact) mass is 265 g/mol. The smallest absolute Gasteiger partial charge is 0.183 e. The van der Waals surface area contributed by atoms with Crippen LogP contribution in [0.5, 0.6) is 0 Å². The van der Waals surface area contributed by atoms with Crippen molar-refractivity contribution in [2.45, 2.75) is 30.6 Å². The number of nitrogens with zero attached hydrogens (tertiary/aromatic N) is 2. The molecule has 0 unspecified atom stereocenters. The molecule has 0 aromatic carbocycles. The summed E-state index contributed by atoms with van der Waals surface area (Å²) in [5, 5.41) is 4.11. The summed E-state index contributed by atoms with van der Waals surface area (Å²) in [6.45, 7) is 1.61. The molecule has 0 atom stereocenters. The highest BCUT2D eigenvalue weighted by Gasteiger charge is 2.26. The maximum atomic E-state index is 12.0. The number of hydrogen-bond acceptors (Lipinski definition) is 4. The number of hydrogen-bond donors (Lipinski definition) is 1. The molecule has 0 saturated heterocycles. The van der Waals surface area contributed by atoms with E-state index in [1.807, 2.05) is 12.3 Å². The zero-order valence-electron chi connectivity index (χ0n) is 10.1. The Morgan fingerprint density at radius 1 is 1.44 bits per heavy atom. The van der Waals surface area contributed by atoms with Crippen LogP contribution >= 0.6 is 0 Å². The van der Waals surface area contributed by atoms with Gasteiger partial charge in [0.25, 0.3) is 0 Å². The molecule has 0 aliphatic heterocycles. The van der Waals surface area contributed by atoms with Crippen LogP contribution in [0.1, 0.15) is 31.2 Å². The minimum Gasteiger partial charge on any atom is -0.381 e. The first kappa shape index (κ1) is 11.5. The summed E-state index contributed by atoms with van der Waals surface area (Å²) in [6, 6.07) is 3.78. The van der Waals surface area contributed by atoms with E-state index in [2.05, 4.69) is 5.10 Å². The molecule has 0 radical (unpaired) electrons. The van der Waals surface area contributed by atoms with Crippen molar-refractivity contribution in [3.63, 3.8) is 0 Å². The molecule has 2 N–H and O–H groups in total. The van der Waals surface area contributed by atoms with Gasteiger partial charge in [0.15, 0.2) is 15.7 Å². The van der Waals surface area contributed by atoms with E-state index in [-0.39, 0.29) is 16.5 Å². The highest BCUT2D eigenvalue weighted by molar-refractivity contribution is 7.91. The SMILES string of the molecule is CCS(=O)(=O)c1c(N)nn2cc(C3CC3)ccc12. The van der Waals surface area contributed by atoms with Crippen LogP contribution in [0.4, 0.5) is 5.82 Å². The summed E-state index contributed by atoms with van der Waals surface area (Å²) < 4.78 is 25.6. The average molecular weight is 265 g/mol. The molecular weight excluding hydrogens is 250 g/mol. The summed E-state index contributed by atoms with van der Waals surface area (Å²) in [5.41, 5.74) is 7.51. The fraction of sp³-hybridized carbons (Fsp3) is 0.417. The van der Waals surface area contributed by atoms with E-state index in [1.54, 1.807) is 17.5 Å². The van der Waals surface area contributed by atoms with Gasteiger partial charge in [-0.1, -0.05) is 13.0 Å². The van der Waals surface area contributed by atoms with Crippen LogP contribution < -0.4 is 5.73 Å². The van der Waals surface area contributed by atoms with Gasteiger partial charge < -0.3 is 5.73 Å². The summed E-state index contributed by atoms with van der Waals surface area (Å²) in [4.78, 5) is 0.160. The Morgan fingerprint density at radius 2 is 2.17 bits per heavy atom. The van der Waals surface area contributed by atoms with Gasteiger partial charge in [0.05, 0.1) is 11.3 Å². The third kappa shape index (κ3) is 1.68. The number of rotatable bonds is 3. The van der Waals surface area contributed by atoms with Crippen molar-refractivity contribution in [1.82, 2.24) is 9.61 Å². The van der Waals surface area contributed by atoms with E-state index in [4.69, 9.17) is 5.73 Å². The van der Waals surface area contributed by atoms with Crippen LogP contribution in [0.25, 0.3) is 5.52 Å². The molecule has 0 bridgehead atoms. The van der Waals surface area contributed by atoms with Crippen molar-refractivity contribution in [3.8, 4) is 0 Å². The topological polar surface area (TPSA) is 77.5 Å². The molecule has 96 valence electrons. The van der Waals surface area contributed by atoms with E-state index in [1.165, 1.54) is 18.4 Å². The Labute approximate surface area is 106 Å². The molecule has 2 aromatic heterocycles. The lowest BCUT2D eigenvalue weighted by molar-refractivity contribution is 0.598. The number of nitrogen functional groups attached to an aromatic ring is 1. The van der Waals surface area contributed by atoms with Gasteiger partial charge in [0.1, 0.15) is 4.90 Å². The van der Waals surface area contributed by atoms with Gasteiger partial charge in [-0.3, -0.25) is 0 Å². The Morgan fingerprint density at radius 3 is 2.78 bits per heavy atom. The van der Waals surface area contributed by atoms with Crippen LogP contribution in [-0.4, -0.2) is 23.8 Å². The lowest BCUT2D eigenvalue weighted by Gasteiger charge is -2.01. The molecule has 3 rings (SSSR count). The third-order valence-corrected chi connectivity index (χ3v) is 5.17. The van der Waals surface area contributed by atoms with E-state index in [9.17, 15) is 8.42 Å². The average Bonchev–Trinajstić information content (AvgIpc) is 3.11. The zero-order valence-corrected chi connectivity index (χ0v) is 10.9. The number of aromatic nitrogens is 2. The second-order valence-electron chi connectivity index (χ2n) is 4.68. The van der Waals surface area contributed by atoms with Crippen LogP contribution in [0, 0.1) is 0 Å². The quantitative estimate of drug-likeness (QED) is 0.914. The molecule has 5 nitrogen and oxygen atoms in total. The molecule has 0 amide bonds. The number of nitrogens with two attached hydrogens (primary N) is 1. The number of anilines is 1. The van der Waals surface area contributed by atoms with Gasteiger partial charge in [-0.05, 0) is 30.4 Å². The predicted octanol–water partition coefficient (Wildman–Crippen LogP) is 1.59. The van der Waals surface area contributed by atoms with E-state index >= 15 is 0 Å². The standard InChI is InChI=1S/C12H15N3O2S/c1-2-18(16,17)11-10-6-5-9(8-3-4-8)7-15(10)14-12(11)13/h5-8H,2-4H2,1H3,(H2,13,14). The van der Waals surface area contributed by atoms with Crippen molar-refractivity contribution in [2.24, 2.45) is 0 Å². The normalized spacial score (nSPS) is 16.3. The summed E-state index contributed by atoms with van der Waals surface area (Å²) in [7, 11) is -3.34. The minimum atomic E-state index is -3.34. The second-order valence-corrected chi connectivity index (χ2v) is 6.90. The number of pyridine rings is 1. The van der Waals surface area contributed by atoms with E-state index < -0.39 is 9.84 Å². The van der Waals surface area contributed by atoms with Gasteiger partial charge in [0, 0.05) is 6.20 Å². The molecule has 1 aliphatic carbocycles. The summed E-state index contributed by atoms with van der Waals surface area (Å²) in [6.07, 6.45) is 4.28. The molecule has 1 saturated carbocycles. The molecule has 1 aliphatic rings. The van der Waals surface area contributed by atoms with Gasteiger partial charge in [-0.25, -0.2) is 12.9 Å². The van der Waals surface area contributed by atoms with Gasteiger partial charge >= 0.3 is 0 Å². The molecular formula is C12H15N3O2S. The van der Waals surface area contributed by atoms with Crippen LogP contribution in [0.3, 0.4) is 0 Å². The number of fused-ring (bicyclic) bond motifs is 1. The lowest BCUT2D eigenvalue weighted by atomic mass is 10.2. The Kier molecular flexibility index (Phi) is 2.38. The fourth-order valence-corrected chi connectivity index (χ4v) is 3.31. The number of sulfone groups is 1. The van der Waals surface area contributed by atoms with Crippen molar-refractivity contribution >= 4 is 21.2 Å². The van der Waals surface area contributed by atoms with Crippen molar-refractivity contribution < 1.29 is 8.42 Å². The maximum Gasteiger partial charge on any atom is 0.183 e. The predicted molar refractivity (Wildman–Crippen MR) is 69.3 cm³/mol. The molecule has 6 heteroatoms. The van der Waals surface area contributed by atoms with Crippen LogP contribution in [0.15, 0.2) is 23.2 Å².